The van der Waals surface area contributed by atoms with Gasteiger partial charge in [0.25, 0.3) is 5.91 Å². The Balaban J connectivity index is 1.52. The number of nitrogens with one attached hydrogen (secondary N) is 1. The number of likely N-dealkylation sites (tertiary alicyclic amines) is 1. The topological polar surface area (TPSA) is 61.4 Å². The number of hydrogen-bond donors (Lipinski definition) is 1. The lowest BCUT2D eigenvalue weighted by atomic mass is 10.0. The average Bonchev–Trinajstić information content (AvgIpc) is 2.63. The van der Waals surface area contributed by atoms with Gasteiger partial charge in [0, 0.05) is 37.4 Å². The van der Waals surface area contributed by atoms with Crippen LogP contribution in [0.3, 0.4) is 0 Å². The number of nitrogens with zero attached hydrogens (tertiary/aromatic N) is 4. The molecule has 1 N–H and O–H groups in total. The molecule has 6 nitrogen and oxygen atoms in total. The van der Waals surface area contributed by atoms with Crippen molar-refractivity contribution in [2.45, 2.75) is 25.4 Å². The van der Waals surface area contributed by atoms with Gasteiger partial charge in [-0.25, -0.2) is 0 Å². The zero-order valence-corrected chi connectivity index (χ0v) is 14.9. The van der Waals surface area contributed by atoms with Gasteiger partial charge in [0.1, 0.15) is 5.82 Å². The second-order valence-corrected chi connectivity index (χ2v) is 6.75. The number of anilines is 1. The summed E-state index contributed by atoms with van der Waals surface area (Å²) < 4.78 is 0. The van der Waals surface area contributed by atoms with Crippen LogP contribution in [0, 0.1) is 0 Å². The molecule has 0 radical (unpaired) electrons. The highest BCUT2D eigenvalue weighted by molar-refractivity contribution is 5.94. The van der Waals surface area contributed by atoms with E-state index in [0.717, 1.165) is 43.9 Å². The number of aromatic nitrogens is 2. The number of hydrogen-bond acceptors (Lipinski definition) is 5. The summed E-state index contributed by atoms with van der Waals surface area (Å²) in [5.74, 6) is 0.915. The Hall–Kier alpha value is -2.47. The molecule has 1 saturated heterocycles. The predicted molar refractivity (Wildman–Crippen MR) is 98.4 cm³/mol. The van der Waals surface area contributed by atoms with E-state index in [1.165, 1.54) is 5.56 Å². The van der Waals surface area contributed by atoms with Gasteiger partial charge in [0.15, 0.2) is 0 Å². The van der Waals surface area contributed by atoms with E-state index in [2.05, 4.69) is 20.4 Å². The van der Waals surface area contributed by atoms with E-state index in [4.69, 9.17) is 0 Å². The van der Waals surface area contributed by atoms with Crippen LogP contribution in [-0.2, 0) is 6.54 Å². The summed E-state index contributed by atoms with van der Waals surface area (Å²) in [7, 11) is 4.08. The molecule has 0 saturated carbocycles. The van der Waals surface area contributed by atoms with Crippen LogP contribution in [0.2, 0.25) is 0 Å². The van der Waals surface area contributed by atoms with Crippen LogP contribution >= 0.6 is 0 Å². The van der Waals surface area contributed by atoms with E-state index in [-0.39, 0.29) is 5.91 Å². The van der Waals surface area contributed by atoms with Gasteiger partial charge in [0.2, 0.25) is 0 Å². The summed E-state index contributed by atoms with van der Waals surface area (Å²) in [5, 5.41) is 11.3. The van der Waals surface area contributed by atoms with E-state index >= 15 is 0 Å². The SMILES string of the molecule is CN(C)Cc1ccc(C(=O)N2CCC(Nc3cccnn3)CC2)cc1. The molecule has 1 amide bonds. The van der Waals surface area contributed by atoms with E-state index in [1.807, 2.05) is 55.4 Å². The molecular formula is C19H25N5O. The lowest BCUT2D eigenvalue weighted by molar-refractivity contribution is 0.0718. The molecule has 25 heavy (non-hydrogen) atoms. The first-order valence-electron chi connectivity index (χ1n) is 8.69. The molecule has 2 heterocycles. The number of carbonyl (C=O) groups excluding carboxylic acids is 1. The van der Waals surface area contributed by atoms with E-state index in [9.17, 15) is 4.79 Å². The van der Waals surface area contributed by atoms with Crippen molar-refractivity contribution >= 4 is 11.7 Å². The smallest absolute Gasteiger partial charge is 0.253 e. The third-order valence-corrected chi connectivity index (χ3v) is 4.41. The Labute approximate surface area is 148 Å². The van der Waals surface area contributed by atoms with Crippen LogP contribution in [0.15, 0.2) is 42.6 Å². The number of benzene rings is 1. The first-order valence-corrected chi connectivity index (χ1v) is 8.69. The predicted octanol–water partition coefficient (Wildman–Crippen LogP) is 2.25. The zero-order chi connectivity index (χ0) is 17.6. The fourth-order valence-electron chi connectivity index (χ4n) is 3.12. The highest BCUT2D eigenvalue weighted by Gasteiger charge is 2.23. The summed E-state index contributed by atoms with van der Waals surface area (Å²) in [6.45, 7) is 2.40. The van der Waals surface area contributed by atoms with E-state index in [1.54, 1.807) is 6.20 Å². The largest absolute Gasteiger partial charge is 0.366 e. The molecular weight excluding hydrogens is 314 g/mol. The Morgan fingerprint density at radius 2 is 1.92 bits per heavy atom. The lowest BCUT2D eigenvalue weighted by Crippen LogP contribution is -2.42. The summed E-state index contributed by atoms with van der Waals surface area (Å²) >= 11 is 0. The van der Waals surface area contributed by atoms with Crippen LogP contribution in [0.4, 0.5) is 5.82 Å². The molecule has 1 fully saturated rings. The van der Waals surface area contributed by atoms with Crippen LogP contribution in [0.1, 0.15) is 28.8 Å². The van der Waals surface area contributed by atoms with Crippen LogP contribution in [-0.4, -0.2) is 59.1 Å². The van der Waals surface area contributed by atoms with Crippen molar-refractivity contribution in [3.8, 4) is 0 Å². The van der Waals surface area contributed by atoms with Gasteiger partial charge >= 0.3 is 0 Å². The third-order valence-electron chi connectivity index (χ3n) is 4.41. The molecule has 0 unspecified atom stereocenters. The maximum atomic E-state index is 12.7. The first-order chi connectivity index (χ1) is 12.1. The first kappa shape index (κ1) is 17.4. The van der Waals surface area contributed by atoms with Crippen molar-refractivity contribution < 1.29 is 4.79 Å². The molecule has 1 aromatic heterocycles. The highest BCUT2D eigenvalue weighted by Crippen LogP contribution is 2.17. The van der Waals surface area contributed by atoms with Gasteiger partial charge in [-0.2, -0.15) is 5.10 Å². The van der Waals surface area contributed by atoms with Gasteiger partial charge in [-0.15, -0.1) is 5.10 Å². The van der Waals surface area contributed by atoms with E-state index in [0.29, 0.717) is 6.04 Å². The lowest BCUT2D eigenvalue weighted by Gasteiger charge is -2.32. The summed E-state index contributed by atoms with van der Waals surface area (Å²) in [6.07, 6.45) is 3.50. The van der Waals surface area contributed by atoms with Gasteiger partial charge in [0.05, 0.1) is 0 Å². The maximum Gasteiger partial charge on any atom is 0.253 e. The average molecular weight is 339 g/mol. The van der Waals surface area contributed by atoms with Crippen molar-refractivity contribution in [1.82, 2.24) is 20.0 Å². The van der Waals surface area contributed by atoms with Crippen LogP contribution in [0.5, 0.6) is 0 Å². The normalized spacial score (nSPS) is 15.4. The van der Waals surface area contributed by atoms with Crippen molar-refractivity contribution in [1.29, 1.82) is 0 Å². The second-order valence-electron chi connectivity index (χ2n) is 6.75. The number of piperidine rings is 1. The van der Waals surface area contributed by atoms with Crippen molar-refractivity contribution in [3.05, 3.63) is 53.7 Å². The van der Waals surface area contributed by atoms with Crippen LogP contribution in [0.25, 0.3) is 0 Å². The molecule has 0 atom stereocenters. The molecule has 0 bridgehead atoms. The fourth-order valence-corrected chi connectivity index (χ4v) is 3.12. The minimum Gasteiger partial charge on any atom is -0.366 e. The number of rotatable bonds is 5. The number of amides is 1. The van der Waals surface area contributed by atoms with Gasteiger partial charge in [-0.1, -0.05) is 12.1 Å². The minimum absolute atomic E-state index is 0.120. The summed E-state index contributed by atoms with van der Waals surface area (Å²) in [5.41, 5.74) is 1.98. The monoisotopic (exact) mass is 339 g/mol. The van der Waals surface area contributed by atoms with Crippen molar-refractivity contribution in [3.63, 3.8) is 0 Å². The minimum atomic E-state index is 0.120. The van der Waals surface area contributed by atoms with E-state index < -0.39 is 0 Å². The molecule has 1 aromatic carbocycles. The van der Waals surface area contributed by atoms with Gasteiger partial charge in [-0.3, -0.25) is 4.79 Å². The molecule has 2 aromatic rings. The quantitative estimate of drug-likeness (QED) is 0.905. The number of carbonyl (C=O) groups is 1. The summed E-state index contributed by atoms with van der Waals surface area (Å²) in [6, 6.07) is 12.1. The molecule has 1 aliphatic heterocycles. The fraction of sp³-hybridized carbons (Fsp3) is 0.421. The Morgan fingerprint density at radius 1 is 1.20 bits per heavy atom. The highest BCUT2D eigenvalue weighted by atomic mass is 16.2. The third kappa shape index (κ3) is 4.76. The van der Waals surface area contributed by atoms with Gasteiger partial charge < -0.3 is 15.1 Å². The van der Waals surface area contributed by atoms with Crippen molar-refractivity contribution in [2.75, 3.05) is 32.5 Å². The molecule has 1 aliphatic rings. The Morgan fingerprint density at radius 3 is 2.52 bits per heavy atom. The Kier molecular flexibility index (Phi) is 5.60. The van der Waals surface area contributed by atoms with Crippen molar-refractivity contribution in [2.24, 2.45) is 0 Å². The second kappa shape index (κ2) is 8.07. The van der Waals surface area contributed by atoms with Crippen LogP contribution < -0.4 is 5.32 Å². The zero-order valence-electron chi connectivity index (χ0n) is 14.9. The standard InChI is InChI=1S/C19H25N5O/c1-23(2)14-15-5-7-16(8-6-15)19(25)24-12-9-17(10-13-24)21-18-4-3-11-20-22-18/h3-8,11,17H,9-10,12-14H2,1-2H3,(H,21,22). The van der Waals surface area contributed by atoms with Gasteiger partial charge in [-0.05, 0) is 56.8 Å². The molecule has 0 spiro atoms. The molecule has 6 heteroatoms. The summed E-state index contributed by atoms with van der Waals surface area (Å²) in [4.78, 5) is 16.7. The molecule has 0 aliphatic carbocycles. The maximum absolute atomic E-state index is 12.7. The molecule has 3 rings (SSSR count). The molecule has 132 valence electrons. The Bertz CT molecular complexity index is 679.